The highest BCUT2D eigenvalue weighted by Gasteiger charge is 2.20. The molecule has 0 spiro atoms. The number of nitrogens with one attached hydrogen (secondary N) is 1. The summed E-state index contributed by atoms with van der Waals surface area (Å²) in [5.41, 5.74) is 2.71. The Bertz CT molecular complexity index is 392. The zero-order valence-corrected chi connectivity index (χ0v) is 11.4. The van der Waals surface area contributed by atoms with Gasteiger partial charge in [-0.2, -0.15) is 0 Å². The summed E-state index contributed by atoms with van der Waals surface area (Å²) < 4.78 is 2.38. The van der Waals surface area contributed by atoms with E-state index in [9.17, 15) is 0 Å². The van der Waals surface area contributed by atoms with Crippen LogP contribution in [0.4, 0.5) is 0 Å². The SMILES string of the molecule is CC(Cn1cnc2c1CCNC2)N1CCCCC1. The molecular formula is C14H24N4. The predicted octanol–water partition coefficient (Wildman–Crippen LogP) is 1.40. The quantitative estimate of drug-likeness (QED) is 0.878. The van der Waals surface area contributed by atoms with Crippen LogP contribution in [0.25, 0.3) is 0 Å². The Kier molecular flexibility index (Phi) is 3.66. The molecule has 4 heteroatoms. The van der Waals surface area contributed by atoms with E-state index in [0.29, 0.717) is 6.04 Å². The van der Waals surface area contributed by atoms with Crippen LogP contribution in [0.15, 0.2) is 6.33 Å². The number of imidazole rings is 1. The largest absolute Gasteiger partial charge is 0.333 e. The molecule has 1 unspecified atom stereocenters. The summed E-state index contributed by atoms with van der Waals surface area (Å²) >= 11 is 0. The van der Waals surface area contributed by atoms with Crippen LogP contribution in [0.1, 0.15) is 37.6 Å². The molecule has 2 aliphatic heterocycles. The minimum absolute atomic E-state index is 0.637. The van der Waals surface area contributed by atoms with Crippen LogP contribution in [-0.4, -0.2) is 40.1 Å². The Morgan fingerprint density at radius 1 is 1.33 bits per heavy atom. The van der Waals surface area contributed by atoms with E-state index in [-0.39, 0.29) is 0 Å². The Hall–Kier alpha value is -0.870. The van der Waals surface area contributed by atoms with Gasteiger partial charge >= 0.3 is 0 Å². The summed E-state index contributed by atoms with van der Waals surface area (Å²) in [6.45, 7) is 8.05. The molecule has 1 N–H and O–H groups in total. The minimum Gasteiger partial charge on any atom is -0.333 e. The molecule has 0 saturated carbocycles. The average molecular weight is 248 g/mol. The van der Waals surface area contributed by atoms with Gasteiger partial charge in [-0.1, -0.05) is 6.42 Å². The maximum Gasteiger partial charge on any atom is 0.0952 e. The molecular weight excluding hydrogens is 224 g/mol. The van der Waals surface area contributed by atoms with Crippen molar-refractivity contribution in [2.24, 2.45) is 0 Å². The molecule has 0 aliphatic carbocycles. The molecule has 3 rings (SSSR count). The molecule has 18 heavy (non-hydrogen) atoms. The van der Waals surface area contributed by atoms with Gasteiger partial charge in [-0.3, -0.25) is 4.90 Å². The van der Waals surface area contributed by atoms with Crippen LogP contribution in [0.5, 0.6) is 0 Å². The number of aromatic nitrogens is 2. The van der Waals surface area contributed by atoms with Gasteiger partial charge in [0.1, 0.15) is 0 Å². The Morgan fingerprint density at radius 3 is 3.00 bits per heavy atom. The first-order valence-corrected chi connectivity index (χ1v) is 7.32. The molecule has 3 heterocycles. The van der Waals surface area contributed by atoms with Gasteiger partial charge in [0, 0.05) is 37.8 Å². The number of fused-ring (bicyclic) bond motifs is 1. The van der Waals surface area contributed by atoms with Crippen molar-refractivity contribution in [3.8, 4) is 0 Å². The molecule has 1 saturated heterocycles. The average Bonchev–Trinajstić information content (AvgIpc) is 2.83. The van der Waals surface area contributed by atoms with E-state index < -0.39 is 0 Å². The molecule has 1 fully saturated rings. The molecule has 0 radical (unpaired) electrons. The van der Waals surface area contributed by atoms with Crippen LogP contribution in [-0.2, 0) is 19.5 Å². The van der Waals surface area contributed by atoms with Crippen LogP contribution < -0.4 is 5.32 Å². The maximum atomic E-state index is 4.54. The van der Waals surface area contributed by atoms with Crippen LogP contribution >= 0.6 is 0 Å². The van der Waals surface area contributed by atoms with E-state index in [1.54, 1.807) is 0 Å². The molecule has 1 aromatic rings. The van der Waals surface area contributed by atoms with Crippen molar-refractivity contribution >= 4 is 0 Å². The van der Waals surface area contributed by atoms with E-state index in [1.807, 2.05) is 6.33 Å². The fourth-order valence-electron chi connectivity index (χ4n) is 3.22. The van der Waals surface area contributed by atoms with Gasteiger partial charge < -0.3 is 9.88 Å². The monoisotopic (exact) mass is 248 g/mol. The van der Waals surface area contributed by atoms with Crippen molar-refractivity contribution in [3.05, 3.63) is 17.7 Å². The Balaban J connectivity index is 1.66. The van der Waals surface area contributed by atoms with Gasteiger partial charge in [0.05, 0.1) is 12.0 Å². The zero-order valence-electron chi connectivity index (χ0n) is 11.4. The molecule has 0 bridgehead atoms. The van der Waals surface area contributed by atoms with Gasteiger partial charge in [-0.15, -0.1) is 0 Å². The van der Waals surface area contributed by atoms with Gasteiger partial charge in [-0.25, -0.2) is 4.98 Å². The number of likely N-dealkylation sites (tertiary alicyclic amines) is 1. The fourth-order valence-corrected chi connectivity index (χ4v) is 3.22. The lowest BCUT2D eigenvalue weighted by Crippen LogP contribution is -2.40. The van der Waals surface area contributed by atoms with E-state index in [2.05, 4.69) is 26.7 Å². The van der Waals surface area contributed by atoms with Gasteiger partial charge in [-0.05, 0) is 32.9 Å². The van der Waals surface area contributed by atoms with Crippen molar-refractivity contribution < 1.29 is 0 Å². The van der Waals surface area contributed by atoms with Crippen molar-refractivity contribution in [2.75, 3.05) is 19.6 Å². The first-order valence-electron chi connectivity index (χ1n) is 7.32. The molecule has 1 atom stereocenters. The maximum absolute atomic E-state index is 4.54. The Labute approximate surface area is 109 Å². The number of rotatable bonds is 3. The van der Waals surface area contributed by atoms with E-state index in [1.165, 1.54) is 43.7 Å². The summed E-state index contributed by atoms with van der Waals surface area (Å²) in [5, 5.41) is 3.38. The van der Waals surface area contributed by atoms with Crippen molar-refractivity contribution in [3.63, 3.8) is 0 Å². The topological polar surface area (TPSA) is 33.1 Å². The zero-order chi connectivity index (χ0) is 12.4. The van der Waals surface area contributed by atoms with Crippen LogP contribution in [0.2, 0.25) is 0 Å². The first-order chi connectivity index (χ1) is 8.84. The number of hydrogen-bond acceptors (Lipinski definition) is 3. The number of piperidine rings is 1. The summed E-state index contributed by atoms with van der Waals surface area (Å²) in [7, 11) is 0. The molecule has 4 nitrogen and oxygen atoms in total. The normalized spacial score (nSPS) is 22.7. The smallest absolute Gasteiger partial charge is 0.0952 e. The van der Waals surface area contributed by atoms with E-state index >= 15 is 0 Å². The third kappa shape index (κ3) is 2.45. The summed E-state index contributed by atoms with van der Waals surface area (Å²) in [6, 6.07) is 0.637. The lowest BCUT2D eigenvalue weighted by molar-refractivity contribution is 0.159. The minimum atomic E-state index is 0.637. The van der Waals surface area contributed by atoms with Crippen molar-refractivity contribution in [1.29, 1.82) is 0 Å². The van der Waals surface area contributed by atoms with Gasteiger partial charge in [0.15, 0.2) is 0 Å². The summed E-state index contributed by atoms with van der Waals surface area (Å²) in [6.07, 6.45) is 7.32. The molecule has 1 aromatic heterocycles. The first kappa shape index (κ1) is 12.2. The highest BCUT2D eigenvalue weighted by Crippen LogP contribution is 2.16. The predicted molar refractivity (Wildman–Crippen MR) is 72.5 cm³/mol. The Morgan fingerprint density at radius 2 is 2.17 bits per heavy atom. The highest BCUT2D eigenvalue weighted by molar-refractivity contribution is 5.16. The summed E-state index contributed by atoms with van der Waals surface area (Å²) in [4.78, 5) is 7.17. The highest BCUT2D eigenvalue weighted by atomic mass is 15.2. The molecule has 0 aromatic carbocycles. The molecule has 100 valence electrons. The van der Waals surface area contributed by atoms with E-state index in [0.717, 1.165) is 26.1 Å². The third-order valence-electron chi connectivity index (χ3n) is 4.34. The lowest BCUT2D eigenvalue weighted by atomic mass is 10.1. The summed E-state index contributed by atoms with van der Waals surface area (Å²) in [5.74, 6) is 0. The van der Waals surface area contributed by atoms with Crippen LogP contribution in [0.3, 0.4) is 0 Å². The fraction of sp³-hybridized carbons (Fsp3) is 0.786. The van der Waals surface area contributed by atoms with Crippen LogP contribution in [0, 0.1) is 0 Å². The van der Waals surface area contributed by atoms with Crippen molar-refractivity contribution in [2.45, 2.75) is 51.7 Å². The number of nitrogens with zero attached hydrogens (tertiary/aromatic N) is 3. The lowest BCUT2D eigenvalue weighted by Gasteiger charge is -2.33. The third-order valence-corrected chi connectivity index (χ3v) is 4.34. The second kappa shape index (κ2) is 5.41. The molecule has 0 amide bonds. The number of hydrogen-bond donors (Lipinski definition) is 1. The van der Waals surface area contributed by atoms with Crippen molar-refractivity contribution in [1.82, 2.24) is 19.8 Å². The van der Waals surface area contributed by atoms with Gasteiger partial charge in [0.25, 0.3) is 0 Å². The standard InChI is InChI=1S/C14H24N4/c1-12(17-7-3-2-4-8-17)10-18-11-16-13-9-15-6-5-14(13)18/h11-12,15H,2-10H2,1H3. The van der Waals surface area contributed by atoms with E-state index in [4.69, 9.17) is 0 Å². The molecule has 2 aliphatic rings. The van der Waals surface area contributed by atoms with Gasteiger partial charge in [0.2, 0.25) is 0 Å². The second-order valence-electron chi connectivity index (χ2n) is 5.66. The second-order valence-corrected chi connectivity index (χ2v) is 5.66.